The molecule has 6 nitrogen and oxygen atoms in total. The monoisotopic (exact) mass is 462 g/mol. The Bertz CT molecular complexity index is 1010. The number of sulfonamides is 1. The van der Waals surface area contributed by atoms with Gasteiger partial charge in [-0.1, -0.05) is 18.2 Å². The molecule has 2 saturated heterocycles. The first-order valence-electron chi connectivity index (χ1n) is 10.9. The third-order valence-corrected chi connectivity index (χ3v) is 9.56. The van der Waals surface area contributed by atoms with Crippen LogP contribution in [-0.2, 0) is 21.2 Å². The van der Waals surface area contributed by atoms with Crippen molar-refractivity contribution in [2.75, 3.05) is 26.2 Å². The van der Waals surface area contributed by atoms with E-state index in [1.165, 1.54) is 11.3 Å². The minimum absolute atomic E-state index is 0.0532. The number of ether oxygens (including phenoxy) is 1. The van der Waals surface area contributed by atoms with Gasteiger partial charge in [0.25, 0.3) is 10.0 Å². The highest BCUT2D eigenvalue weighted by molar-refractivity contribution is 7.91. The Balaban J connectivity index is 1.31. The lowest BCUT2D eigenvalue weighted by Crippen LogP contribution is -2.42. The van der Waals surface area contributed by atoms with Gasteiger partial charge in [0, 0.05) is 43.9 Å². The van der Waals surface area contributed by atoms with E-state index in [9.17, 15) is 13.2 Å². The molecule has 0 bridgehead atoms. The fourth-order valence-corrected chi connectivity index (χ4v) is 7.30. The van der Waals surface area contributed by atoms with Gasteiger partial charge in [0.2, 0.25) is 5.91 Å². The summed E-state index contributed by atoms with van der Waals surface area (Å²) < 4.78 is 33.5. The number of benzene rings is 1. The van der Waals surface area contributed by atoms with Gasteiger partial charge < -0.3 is 9.64 Å². The van der Waals surface area contributed by atoms with Crippen LogP contribution in [0, 0.1) is 13.8 Å². The maximum absolute atomic E-state index is 12.8. The molecule has 8 heteroatoms. The van der Waals surface area contributed by atoms with E-state index in [0.717, 1.165) is 47.4 Å². The SMILES string of the molecule is Cc1cccc(C)c1OC1CCN(C(=O)Cc2ccc(S(=O)(=O)N3CCCC3)s2)CC1. The highest BCUT2D eigenvalue weighted by Crippen LogP contribution is 2.29. The van der Waals surface area contributed by atoms with E-state index < -0.39 is 10.0 Å². The van der Waals surface area contributed by atoms with Crippen molar-refractivity contribution >= 4 is 27.3 Å². The predicted molar refractivity (Wildman–Crippen MR) is 122 cm³/mol. The fourth-order valence-electron chi connectivity index (χ4n) is 4.28. The van der Waals surface area contributed by atoms with E-state index in [0.29, 0.717) is 30.4 Å². The predicted octanol–water partition coefficient (Wildman–Crippen LogP) is 3.76. The highest BCUT2D eigenvalue weighted by atomic mass is 32.2. The van der Waals surface area contributed by atoms with Gasteiger partial charge in [-0.2, -0.15) is 4.31 Å². The topological polar surface area (TPSA) is 66.9 Å². The third-order valence-electron chi connectivity index (χ3n) is 6.11. The maximum Gasteiger partial charge on any atom is 0.252 e. The number of aryl methyl sites for hydroxylation is 2. The van der Waals surface area contributed by atoms with Crippen molar-refractivity contribution in [2.24, 2.45) is 0 Å². The van der Waals surface area contributed by atoms with Crippen molar-refractivity contribution in [3.63, 3.8) is 0 Å². The average Bonchev–Trinajstić information content (AvgIpc) is 3.44. The zero-order valence-electron chi connectivity index (χ0n) is 18.2. The van der Waals surface area contributed by atoms with Crippen LogP contribution in [0.3, 0.4) is 0 Å². The molecule has 0 saturated carbocycles. The molecule has 1 amide bonds. The molecule has 0 spiro atoms. The minimum Gasteiger partial charge on any atom is -0.490 e. The molecule has 2 aliphatic rings. The molecule has 0 aliphatic carbocycles. The van der Waals surface area contributed by atoms with Gasteiger partial charge in [-0.15, -0.1) is 11.3 Å². The second-order valence-electron chi connectivity index (χ2n) is 8.43. The van der Waals surface area contributed by atoms with Gasteiger partial charge in [-0.3, -0.25) is 4.79 Å². The molecule has 1 aromatic heterocycles. The summed E-state index contributed by atoms with van der Waals surface area (Å²) in [4.78, 5) is 15.5. The molecule has 168 valence electrons. The molecule has 2 fully saturated rings. The van der Waals surface area contributed by atoms with Crippen molar-refractivity contribution < 1.29 is 17.9 Å². The molecular formula is C23H30N2O4S2. The molecule has 0 unspecified atom stereocenters. The second-order valence-corrected chi connectivity index (χ2v) is 11.8. The first-order chi connectivity index (χ1) is 14.8. The number of hydrogen-bond donors (Lipinski definition) is 0. The summed E-state index contributed by atoms with van der Waals surface area (Å²) in [5.74, 6) is 1.01. The second kappa shape index (κ2) is 9.30. The summed E-state index contributed by atoms with van der Waals surface area (Å²) in [5.41, 5.74) is 2.27. The van der Waals surface area contributed by atoms with E-state index in [1.54, 1.807) is 16.4 Å². The number of rotatable bonds is 6. The molecule has 2 aliphatic heterocycles. The number of para-hydroxylation sites is 1. The lowest BCUT2D eigenvalue weighted by molar-refractivity contribution is -0.132. The summed E-state index contributed by atoms with van der Waals surface area (Å²) in [6, 6.07) is 9.57. The van der Waals surface area contributed by atoms with Crippen molar-refractivity contribution in [2.45, 2.75) is 56.3 Å². The van der Waals surface area contributed by atoms with Crippen LogP contribution in [0.4, 0.5) is 0 Å². The summed E-state index contributed by atoms with van der Waals surface area (Å²) in [6.07, 6.45) is 3.81. The number of carbonyl (C=O) groups is 1. The van der Waals surface area contributed by atoms with E-state index in [-0.39, 0.29) is 18.4 Å². The van der Waals surface area contributed by atoms with Crippen LogP contribution >= 0.6 is 11.3 Å². The Morgan fingerprint density at radius 3 is 2.32 bits per heavy atom. The van der Waals surface area contributed by atoms with Gasteiger partial charge in [0.15, 0.2) is 0 Å². The molecule has 31 heavy (non-hydrogen) atoms. The van der Waals surface area contributed by atoms with Crippen LogP contribution in [0.1, 0.15) is 41.7 Å². The summed E-state index contributed by atoms with van der Waals surface area (Å²) >= 11 is 1.22. The number of thiophene rings is 1. The molecule has 1 aromatic carbocycles. The van der Waals surface area contributed by atoms with Gasteiger partial charge in [-0.05, 0) is 49.9 Å². The number of nitrogens with zero attached hydrogens (tertiary/aromatic N) is 2. The molecule has 3 heterocycles. The molecule has 2 aromatic rings. The lowest BCUT2D eigenvalue weighted by atomic mass is 10.1. The van der Waals surface area contributed by atoms with Crippen LogP contribution in [0.25, 0.3) is 0 Å². The normalized spacial score (nSPS) is 18.5. The molecule has 0 atom stereocenters. The third kappa shape index (κ3) is 4.96. The number of piperidine rings is 1. The van der Waals surface area contributed by atoms with Crippen LogP contribution < -0.4 is 4.74 Å². The van der Waals surface area contributed by atoms with Crippen LogP contribution in [0.2, 0.25) is 0 Å². The minimum atomic E-state index is -3.41. The average molecular weight is 463 g/mol. The van der Waals surface area contributed by atoms with Gasteiger partial charge in [0.05, 0.1) is 6.42 Å². The van der Waals surface area contributed by atoms with Crippen molar-refractivity contribution in [1.82, 2.24) is 9.21 Å². The van der Waals surface area contributed by atoms with Crippen LogP contribution in [-0.4, -0.2) is 55.8 Å². The largest absolute Gasteiger partial charge is 0.490 e. The Labute approximate surface area is 188 Å². The Morgan fingerprint density at radius 2 is 1.68 bits per heavy atom. The molecule has 0 radical (unpaired) electrons. The van der Waals surface area contributed by atoms with Gasteiger partial charge in [-0.25, -0.2) is 8.42 Å². The Kier molecular flexibility index (Phi) is 6.69. The van der Waals surface area contributed by atoms with Crippen molar-refractivity contribution in [3.05, 3.63) is 46.3 Å². The molecule has 0 N–H and O–H groups in total. The lowest BCUT2D eigenvalue weighted by Gasteiger charge is -2.32. The summed E-state index contributed by atoms with van der Waals surface area (Å²) in [7, 11) is -3.41. The van der Waals surface area contributed by atoms with E-state index >= 15 is 0 Å². The number of amides is 1. The van der Waals surface area contributed by atoms with Gasteiger partial charge >= 0.3 is 0 Å². The zero-order chi connectivity index (χ0) is 22.0. The Hall–Kier alpha value is -1.90. The quantitative estimate of drug-likeness (QED) is 0.656. The number of carbonyl (C=O) groups excluding carboxylic acids is 1. The van der Waals surface area contributed by atoms with Crippen LogP contribution in [0.15, 0.2) is 34.5 Å². The highest BCUT2D eigenvalue weighted by Gasteiger charge is 2.29. The molecule has 4 rings (SSSR count). The number of likely N-dealkylation sites (tertiary alicyclic amines) is 1. The molecular weight excluding hydrogens is 432 g/mol. The Morgan fingerprint density at radius 1 is 1.03 bits per heavy atom. The zero-order valence-corrected chi connectivity index (χ0v) is 19.8. The smallest absolute Gasteiger partial charge is 0.252 e. The first-order valence-corrected chi connectivity index (χ1v) is 13.2. The van der Waals surface area contributed by atoms with Crippen molar-refractivity contribution in [3.8, 4) is 5.75 Å². The fraction of sp³-hybridized carbons (Fsp3) is 0.522. The van der Waals surface area contributed by atoms with E-state index in [2.05, 4.69) is 26.0 Å². The van der Waals surface area contributed by atoms with Crippen molar-refractivity contribution in [1.29, 1.82) is 0 Å². The van der Waals surface area contributed by atoms with E-state index in [1.807, 2.05) is 11.0 Å². The first kappa shape index (κ1) is 22.3. The maximum atomic E-state index is 12.8. The summed E-state index contributed by atoms with van der Waals surface area (Å²) in [6.45, 7) is 6.62. The standard InChI is InChI=1S/C23H30N2O4S2/c1-17-6-5-7-18(2)23(17)29-19-10-14-24(15-11-19)21(26)16-20-8-9-22(30-20)31(27,28)25-12-3-4-13-25/h5-9,19H,3-4,10-16H2,1-2H3. The van der Waals surface area contributed by atoms with Crippen LogP contribution in [0.5, 0.6) is 5.75 Å². The van der Waals surface area contributed by atoms with Gasteiger partial charge in [0.1, 0.15) is 16.1 Å². The summed E-state index contributed by atoms with van der Waals surface area (Å²) in [5, 5.41) is 0. The van der Waals surface area contributed by atoms with E-state index in [4.69, 9.17) is 4.74 Å². The number of hydrogen-bond acceptors (Lipinski definition) is 5.